The van der Waals surface area contributed by atoms with Gasteiger partial charge in [-0.25, -0.2) is 4.39 Å². The minimum absolute atomic E-state index is 0.160. The number of hydrogen-bond donors (Lipinski definition) is 2. The molecule has 3 heteroatoms. The Morgan fingerprint density at radius 3 is 2.50 bits per heavy atom. The first-order valence-electron chi connectivity index (χ1n) is 4.71. The van der Waals surface area contributed by atoms with Gasteiger partial charge in [0.25, 0.3) is 0 Å². The van der Waals surface area contributed by atoms with E-state index < -0.39 is 6.10 Å². The third kappa shape index (κ3) is 2.53. The highest BCUT2D eigenvalue weighted by molar-refractivity contribution is 5.20. The lowest BCUT2D eigenvalue weighted by molar-refractivity contribution is 0.125. The van der Waals surface area contributed by atoms with Crippen LogP contribution in [0.25, 0.3) is 0 Å². The maximum absolute atomic E-state index is 12.8. The second-order valence-corrected chi connectivity index (χ2v) is 3.82. The van der Waals surface area contributed by atoms with Crippen molar-refractivity contribution < 1.29 is 9.50 Å². The molecule has 0 radical (unpaired) electrons. The van der Waals surface area contributed by atoms with Gasteiger partial charge in [-0.15, -0.1) is 0 Å². The van der Waals surface area contributed by atoms with Gasteiger partial charge in [0.05, 0.1) is 6.10 Å². The van der Waals surface area contributed by atoms with Gasteiger partial charge in [-0.2, -0.15) is 0 Å². The summed E-state index contributed by atoms with van der Waals surface area (Å²) in [6, 6.07) is 5.54. The van der Waals surface area contributed by atoms with Crippen LogP contribution in [0.1, 0.15) is 25.5 Å². The molecule has 2 atom stereocenters. The molecule has 0 spiro atoms. The predicted molar refractivity (Wildman–Crippen MR) is 54.2 cm³/mol. The largest absolute Gasteiger partial charge is 0.387 e. The lowest BCUT2D eigenvalue weighted by atomic mass is 9.94. The quantitative estimate of drug-likeness (QED) is 0.776. The topological polar surface area (TPSA) is 46.2 Å². The average Bonchev–Trinajstić information content (AvgIpc) is 2.15. The Labute approximate surface area is 83.6 Å². The molecule has 0 amide bonds. The molecule has 1 unspecified atom stereocenters. The summed E-state index contributed by atoms with van der Waals surface area (Å²) in [6.07, 6.45) is -0.800. The summed E-state index contributed by atoms with van der Waals surface area (Å²) in [7, 11) is 0. The first kappa shape index (κ1) is 11.1. The molecule has 0 bridgehead atoms. The van der Waals surface area contributed by atoms with Gasteiger partial charge < -0.3 is 10.8 Å². The van der Waals surface area contributed by atoms with Crippen molar-refractivity contribution in [3.8, 4) is 0 Å². The molecule has 0 saturated heterocycles. The second-order valence-electron chi connectivity index (χ2n) is 3.82. The van der Waals surface area contributed by atoms with Crippen molar-refractivity contribution in [2.75, 3.05) is 0 Å². The fourth-order valence-electron chi connectivity index (χ4n) is 1.28. The number of benzene rings is 1. The molecule has 0 aliphatic heterocycles. The average molecular weight is 197 g/mol. The fraction of sp³-hybridized carbons (Fsp3) is 0.455. The first-order chi connectivity index (χ1) is 6.52. The molecule has 1 rings (SSSR count). The highest BCUT2D eigenvalue weighted by Crippen LogP contribution is 2.20. The van der Waals surface area contributed by atoms with Gasteiger partial charge >= 0.3 is 0 Å². The summed E-state index contributed by atoms with van der Waals surface area (Å²) in [5, 5.41) is 9.79. The summed E-state index contributed by atoms with van der Waals surface area (Å²) < 4.78 is 12.8. The van der Waals surface area contributed by atoms with E-state index in [9.17, 15) is 9.50 Å². The molecule has 1 aromatic rings. The summed E-state index contributed by atoms with van der Waals surface area (Å²) in [4.78, 5) is 0. The van der Waals surface area contributed by atoms with Gasteiger partial charge in [0.15, 0.2) is 0 Å². The Hall–Kier alpha value is -0.930. The van der Waals surface area contributed by atoms with Crippen LogP contribution < -0.4 is 5.73 Å². The molecule has 78 valence electrons. The van der Waals surface area contributed by atoms with Crippen LogP contribution in [-0.4, -0.2) is 11.1 Å². The second kappa shape index (κ2) is 4.53. The Balaban J connectivity index is 2.83. The maximum Gasteiger partial charge on any atom is 0.123 e. The molecule has 3 N–H and O–H groups in total. The molecule has 0 fully saturated rings. The summed E-state index contributed by atoms with van der Waals surface area (Å²) in [6.45, 7) is 3.85. The monoisotopic (exact) mass is 197 g/mol. The highest BCUT2D eigenvalue weighted by Gasteiger charge is 2.19. The third-order valence-corrected chi connectivity index (χ3v) is 2.32. The van der Waals surface area contributed by atoms with E-state index in [0.717, 1.165) is 0 Å². The molecular formula is C11H16FNO. The van der Waals surface area contributed by atoms with Crippen molar-refractivity contribution in [3.63, 3.8) is 0 Å². The van der Waals surface area contributed by atoms with Crippen LogP contribution in [0.3, 0.4) is 0 Å². The molecule has 0 aliphatic carbocycles. The summed E-state index contributed by atoms with van der Waals surface area (Å²) in [5.74, 6) is -0.189. The Morgan fingerprint density at radius 1 is 1.36 bits per heavy atom. The van der Waals surface area contributed by atoms with Gasteiger partial charge in [-0.1, -0.05) is 26.0 Å². The van der Waals surface area contributed by atoms with Crippen LogP contribution in [0.2, 0.25) is 0 Å². The standard InChI is InChI=1S/C11H16FNO/c1-7(2)10(13)11(14)8-4-3-5-9(12)6-8/h3-7,10-11,14H,13H2,1-2H3/t10-,11?/m1/s1. The summed E-state index contributed by atoms with van der Waals surface area (Å²) in [5.41, 5.74) is 6.30. The van der Waals surface area contributed by atoms with Crippen molar-refractivity contribution in [1.29, 1.82) is 0 Å². The first-order valence-corrected chi connectivity index (χ1v) is 4.71. The van der Waals surface area contributed by atoms with E-state index >= 15 is 0 Å². The lowest BCUT2D eigenvalue weighted by Crippen LogP contribution is -2.33. The Kier molecular flexibility index (Phi) is 3.61. The van der Waals surface area contributed by atoms with Gasteiger partial charge in [0.2, 0.25) is 0 Å². The molecule has 0 heterocycles. The Bertz CT molecular complexity index is 301. The van der Waals surface area contributed by atoms with Crippen LogP contribution in [0, 0.1) is 11.7 Å². The van der Waals surface area contributed by atoms with E-state index in [-0.39, 0.29) is 17.8 Å². The van der Waals surface area contributed by atoms with E-state index in [1.807, 2.05) is 13.8 Å². The van der Waals surface area contributed by atoms with Crippen LogP contribution in [0.15, 0.2) is 24.3 Å². The molecule has 0 aromatic heterocycles. The van der Waals surface area contributed by atoms with Crippen molar-refractivity contribution in [2.24, 2.45) is 11.7 Å². The van der Waals surface area contributed by atoms with E-state index in [0.29, 0.717) is 5.56 Å². The normalized spacial score (nSPS) is 15.6. The highest BCUT2D eigenvalue weighted by atomic mass is 19.1. The SMILES string of the molecule is CC(C)[C@@H](N)C(O)c1cccc(F)c1. The minimum atomic E-state index is -0.800. The van der Waals surface area contributed by atoms with Gasteiger partial charge in [-0.3, -0.25) is 0 Å². The number of nitrogens with two attached hydrogens (primary N) is 1. The minimum Gasteiger partial charge on any atom is -0.387 e. The number of halogens is 1. The molecule has 0 aliphatic rings. The number of aliphatic hydroxyl groups excluding tert-OH is 1. The van der Waals surface area contributed by atoms with Gasteiger partial charge in [0, 0.05) is 6.04 Å². The van der Waals surface area contributed by atoms with Crippen LogP contribution in [0.5, 0.6) is 0 Å². The van der Waals surface area contributed by atoms with Crippen molar-refractivity contribution in [1.82, 2.24) is 0 Å². The zero-order chi connectivity index (χ0) is 10.7. The van der Waals surface area contributed by atoms with Crippen molar-refractivity contribution >= 4 is 0 Å². The number of rotatable bonds is 3. The van der Waals surface area contributed by atoms with E-state index in [1.165, 1.54) is 12.1 Å². The molecule has 2 nitrogen and oxygen atoms in total. The zero-order valence-electron chi connectivity index (χ0n) is 8.44. The molecule has 0 saturated carbocycles. The van der Waals surface area contributed by atoms with Gasteiger partial charge in [0.1, 0.15) is 5.82 Å². The molecule has 1 aromatic carbocycles. The van der Waals surface area contributed by atoms with Crippen molar-refractivity contribution in [3.05, 3.63) is 35.6 Å². The Morgan fingerprint density at radius 2 is 2.00 bits per heavy atom. The van der Waals surface area contributed by atoms with Crippen LogP contribution in [-0.2, 0) is 0 Å². The number of hydrogen-bond acceptors (Lipinski definition) is 2. The van der Waals surface area contributed by atoms with E-state index in [1.54, 1.807) is 12.1 Å². The lowest BCUT2D eigenvalue weighted by Gasteiger charge is -2.22. The number of aliphatic hydroxyl groups is 1. The predicted octanol–water partition coefficient (Wildman–Crippen LogP) is 1.84. The van der Waals surface area contributed by atoms with Crippen molar-refractivity contribution in [2.45, 2.75) is 26.0 Å². The third-order valence-electron chi connectivity index (χ3n) is 2.32. The smallest absolute Gasteiger partial charge is 0.123 e. The fourth-order valence-corrected chi connectivity index (χ4v) is 1.28. The van der Waals surface area contributed by atoms with Gasteiger partial charge in [-0.05, 0) is 23.6 Å². The van der Waals surface area contributed by atoms with Crippen LogP contribution >= 0.6 is 0 Å². The van der Waals surface area contributed by atoms with E-state index in [4.69, 9.17) is 5.73 Å². The van der Waals surface area contributed by atoms with E-state index in [2.05, 4.69) is 0 Å². The summed E-state index contributed by atoms with van der Waals surface area (Å²) >= 11 is 0. The maximum atomic E-state index is 12.8. The molecular weight excluding hydrogens is 181 g/mol. The molecule has 14 heavy (non-hydrogen) atoms. The van der Waals surface area contributed by atoms with Crippen LogP contribution in [0.4, 0.5) is 4.39 Å². The zero-order valence-corrected chi connectivity index (χ0v) is 8.44.